The second kappa shape index (κ2) is 8.54. The molecule has 3 rings (SSSR count). The molecule has 3 nitrogen and oxygen atoms in total. The summed E-state index contributed by atoms with van der Waals surface area (Å²) < 4.78 is 13.4. The molecule has 134 valence electrons. The highest BCUT2D eigenvalue weighted by molar-refractivity contribution is 7.97. The van der Waals surface area contributed by atoms with Crippen molar-refractivity contribution in [1.82, 2.24) is 10.6 Å². The van der Waals surface area contributed by atoms with Crippen molar-refractivity contribution in [3.63, 3.8) is 0 Å². The molecule has 0 radical (unpaired) electrons. The second-order valence-electron chi connectivity index (χ2n) is 6.76. The van der Waals surface area contributed by atoms with Crippen LogP contribution in [0.2, 0.25) is 0 Å². The number of fused-ring (bicyclic) bond motifs is 1. The first kappa shape index (κ1) is 19.5. The third kappa shape index (κ3) is 3.89. The Bertz CT molecular complexity index is 586. The summed E-state index contributed by atoms with van der Waals surface area (Å²) in [5.41, 5.74) is 1.77. The van der Waals surface area contributed by atoms with Gasteiger partial charge in [0, 0.05) is 18.8 Å². The Kier molecular flexibility index (Phi) is 6.96. The van der Waals surface area contributed by atoms with Crippen LogP contribution in [0.1, 0.15) is 36.8 Å². The molecule has 2 aliphatic rings. The minimum atomic E-state index is -0.224. The van der Waals surface area contributed by atoms with Gasteiger partial charge in [-0.15, -0.1) is 12.4 Å². The number of benzene rings is 1. The van der Waals surface area contributed by atoms with E-state index in [9.17, 15) is 9.18 Å². The lowest BCUT2D eigenvalue weighted by molar-refractivity contribution is -0.134. The van der Waals surface area contributed by atoms with Gasteiger partial charge in [-0.25, -0.2) is 4.39 Å². The monoisotopic (exact) mass is 372 g/mol. The van der Waals surface area contributed by atoms with Crippen LogP contribution in [0.3, 0.4) is 0 Å². The summed E-state index contributed by atoms with van der Waals surface area (Å²) >= 11 is 1.66. The van der Waals surface area contributed by atoms with Crippen LogP contribution in [0.15, 0.2) is 18.2 Å². The fourth-order valence-corrected chi connectivity index (χ4v) is 4.68. The van der Waals surface area contributed by atoms with E-state index in [1.54, 1.807) is 23.9 Å². The van der Waals surface area contributed by atoms with E-state index in [1.165, 1.54) is 12.5 Å². The van der Waals surface area contributed by atoms with Gasteiger partial charge in [-0.1, -0.05) is 18.9 Å². The van der Waals surface area contributed by atoms with Gasteiger partial charge >= 0.3 is 0 Å². The van der Waals surface area contributed by atoms with Crippen molar-refractivity contribution in [2.75, 3.05) is 19.3 Å². The maximum Gasteiger partial charge on any atom is 0.228 e. The zero-order valence-electron chi connectivity index (χ0n) is 14.1. The molecule has 1 heterocycles. The predicted octanol–water partition coefficient (Wildman–Crippen LogP) is 3.51. The van der Waals surface area contributed by atoms with Gasteiger partial charge in [0.1, 0.15) is 5.82 Å². The molecule has 0 bridgehead atoms. The molecular weight excluding hydrogens is 347 g/mol. The van der Waals surface area contributed by atoms with Crippen LogP contribution in [-0.2, 0) is 17.1 Å². The standard InChI is InChI=1S/C18H25FN2OS.ClH/c1-23-11-14-8-16(19)6-5-13(14)9-21-17(22)18-7-3-2-4-15(18)10-20-12-18;/h5-6,8,15,20H,2-4,7,9-12H2,1H3,(H,21,22);1H/t15-,18+;/m0./s1. The summed E-state index contributed by atoms with van der Waals surface area (Å²) in [6.07, 6.45) is 6.51. The van der Waals surface area contributed by atoms with Gasteiger partial charge in [-0.3, -0.25) is 4.79 Å². The average molecular weight is 373 g/mol. The van der Waals surface area contributed by atoms with Crippen molar-refractivity contribution in [2.24, 2.45) is 11.3 Å². The molecule has 0 unspecified atom stereocenters. The van der Waals surface area contributed by atoms with Crippen molar-refractivity contribution >= 4 is 30.1 Å². The van der Waals surface area contributed by atoms with Crippen molar-refractivity contribution in [2.45, 2.75) is 38.0 Å². The minimum absolute atomic E-state index is 0. The molecule has 1 aliphatic carbocycles. The summed E-state index contributed by atoms with van der Waals surface area (Å²) in [6.45, 7) is 2.25. The molecule has 0 aromatic heterocycles. The summed E-state index contributed by atoms with van der Waals surface area (Å²) in [5, 5.41) is 6.55. The number of hydrogen-bond acceptors (Lipinski definition) is 3. The minimum Gasteiger partial charge on any atom is -0.351 e. The van der Waals surface area contributed by atoms with Crippen molar-refractivity contribution < 1.29 is 9.18 Å². The zero-order chi connectivity index (χ0) is 16.3. The number of halogens is 2. The van der Waals surface area contributed by atoms with E-state index in [-0.39, 0.29) is 29.5 Å². The van der Waals surface area contributed by atoms with Gasteiger partial charge in [0.05, 0.1) is 5.41 Å². The maximum atomic E-state index is 13.4. The number of amides is 1. The largest absolute Gasteiger partial charge is 0.351 e. The highest BCUT2D eigenvalue weighted by atomic mass is 35.5. The molecular formula is C18H26ClFN2OS. The molecule has 2 fully saturated rings. The van der Waals surface area contributed by atoms with Crippen molar-refractivity contribution in [3.05, 3.63) is 35.1 Å². The summed E-state index contributed by atoms with van der Waals surface area (Å²) in [4.78, 5) is 12.9. The Morgan fingerprint density at radius 1 is 1.42 bits per heavy atom. The number of rotatable bonds is 5. The van der Waals surface area contributed by atoms with Crippen LogP contribution >= 0.6 is 24.2 Å². The van der Waals surface area contributed by atoms with Gasteiger partial charge in [-0.05, 0) is 54.8 Å². The van der Waals surface area contributed by atoms with Gasteiger partial charge in [0.25, 0.3) is 0 Å². The Balaban J connectivity index is 0.00000208. The fraction of sp³-hybridized carbons (Fsp3) is 0.611. The van der Waals surface area contributed by atoms with Crippen LogP contribution in [0, 0.1) is 17.2 Å². The number of carbonyl (C=O) groups is 1. The predicted molar refractivity (Wildman–Crippen MR) is 100.0 cm³/mol. The van der Waals surface area contributed by atoms with Crippen molar-refractivity contribution in [3.8, 4) is 0 Å². The lowest BCUT2D eigenvalue weighted by atomic mass is 9.67. The Labute approximate surface area is 154 Å². The maximum absolute atomic E-state index is 13.4. The SMILES string of the molecule is CSCc1cc(F)ccc1CNC(=O)[C@@]12CCCC[C@H]1CNC2.Cl. The lowest BCUT2D eigenvalue weighted by Crippen LogP contribution is -2.47. The average Bonchev–Trinajstić information content (AvgIpc) is 2.99. The van der Waals surface area contributed by atoms with Crippen LogP contribution in [-0.4, -0.2) is 25.3 Å². The van der Waals surface area contributed by atoms with E-state index in [0.29, 0.717) is 12.5 Å². The first-order valence-corrected chi connectivity index (χ1v) is 9.80. The van der Waals surface area contributed by atoms with Crippen molar-refractivity contribution in [1.29, 1.82) is 0 Å². The van der Waals surface area contributed by atoms with Crippen LogP contribution in [0.4, 0.5) is 4.39 Å². The van der Waals surface area contributed by atoms with E-state index in [0.717, 1.165) is 49.2 Å². The van der Waals surface area contributed by atoms with E-state index in [2.05, 4.69) is 10.6 Å². The molecule has 1 saturated carbocycles. The number of carbonyl (C=O) groups excluding carboxylic acids is 1. The topological polar surface area (TPSA) is 41.1 Å². The van der Waals surface area contributed by atoms with E-state index < -0.39 is 0 Å². The fourth-order valence-electron chi connectivity index (χ4n) is 4.10. The molecule has 1 saturated heterocycles. The molecule has 1 amide bonds. The molecule has 0 spiro atoms. The first-order chi connectivity index (χ1) is 11.2. The van der Waals surface area contributed by atoms with Gasteiger partial charge in [0.15, 0.2) is 0 Å². The normalized spacial score (nSPS) is 25.7. The third-order valence-corrected chi connectivity index (χ3v) is 6.00. The third-order valence-electron chi connectivity index (χ3n) is 5.40. The first-order valence-electron chi connectivity index (χ1n) is 8.41. The Hall–Kier alpha value is -0.780. The number of nitrogens with one attached hydrogen (secondary N) is 2. The molecule has 1 aromatic carbocycles. The van der Waals surface area contributed by atoms with Gasteiger partial charge in [-0.2, -0.15) is 11.8 Å². The molecule has 2 N–H and O–H groups in total. The van der Waals surface area contributed by atoms with Crippen LogP contribution in [0.25, 0.3) is 0 Å². The molecule has 24 heavy (non-hydrogen) atoms. The Morgan fingerprint density at radius 2 is 2.25 bits per heavy atom. The van der Waals surface area contributed by atoms with Gasteiger partial charge in [0.2, 0.25) is 5.91 Å². The van der Waals surface area contributed by atoms with Crippen LogP contribution < -0.4 is 10.6 Å². The molecule has 1 aliphatic heterocycles. The molecule has 2 atom stereocenters. The Morgan fingerprint density at radius 3 is 3.04 bits per heavy atom. The highest BCUT2D eigenvalue weighted by Gasteiger charge is 2.49. The van der Waals surface area contributed by atoms with E-state index in [4.69, 9.17) is 0 Å². The smallest absolute Gasteiger partial charge is 0.228 e. The number of thioether (sulfide) groups is 1. The zero-order valence-corrected chi connectivity index (χ0v) is 15.7. The summed E-state index contributed by atoms with van der Waals surface area (Å²) in [7, 11) is 0. The number of hydrogen-bond donors (Lipinski definition) is 2. The quantitative estimate of drug-likeness (QED) is 0.831. The van der Waals surface area contributed by atoms with Gasteiger partial charge < -0.3 is 10.6 Å². The molecule has 1 aromatic rings. The molecule has 6 heteroatoms. The van der Waals surface area contributed by atoms with E-state index in [1.807, 2.05) is 6.26 Å². The second-order valence-corrected chi connectivity index (χ2v) is 7.62. The van der Waals surface area contributed by atoms with E-state index >= 15 is 0 Å². The lowest BCUT2D eigenvalue weighted by Gasteiger charge is -2.37. The summed E-state index contributed by atoms with van der Waals surface area (Å²) in [6, 6.07) is 4.85. The highest BCUT2D eigenvalue weighted by Crippen LogP contribution is 2.43. The summed E-state index contributed by atoms with van der Waals surface area (Å²) in [5.74, 6) is 1.19. The van der Waals surface area contributed by atoms with Crippen LogP contribution in [0.5, 0.6) is 0 Å².